The van der Waals surface area contributed by atoms with Gasteiger partial charge in [0.25, 0.3) is 5.56 Å². The molecule has 0 saturated carbocycles. The Morgan fingerprint density at radius 1 is 1.21 bits per heavy atom. The van der Waals surface area contributed by atoms with E-state index < -0.39 is 0 Å². The van der Waals surface area contributed by atoms with Crippen molar-refractivity contribution < 1.29 is 4.79 Å². The number of anilines is 2. The van der Waals surface area contributed by atoms with Crippen LogP contribution >= 0.6 is 27.3 Å². The highest BCUT2D eigenvalue weighted by Crippen LogP contribution is 2.26. The van der Waals surface area contributed by atoms with Crippen LogP contribution in [0.5, 0.6) is 0 Å². The fourth-order valence-corrected chi connectivity index (χ4v) is 4.51. The Kier molecular flexibility index (Phi) is 5.93. The summed E-state index contributed by atoms with van der Waals surface area (Å²) in [5.74, 6) is -0.281. The Balaban J connectivity index is 1.49. The van der Waals surface area contributed by atoms with Gasteiger partial charge in [-0.1, -0.05) is 34.2 Å². The maximum absolute atomic E-state index is 12.8. The van der Waals surface area contributed by atoms with Crippen LogP contribution in [0.25, 0.3) is 10.3 Å². The monoisotopic (exact) mass is 476 g/mol. The maximum atomic E-state index is 12.8. The van der Waals surface area contributed by atoms with Crippen molar-refractivity contribution in [1.29, 1.82) is 0 Å². The lowest BCUT2D eigenvalue weighted by atomic mass is 10.3. The average molecular weight is 477 g/mol. The first kappa shape index (κ1) is 20.0. The molecule has 0 spiro atoms. The molecule has 29 heavy (non-hydrogen) atoms. The average Bonchev–Trinajstić information content (AvgIpc) is 3.17. The van der Waals surface area contributed by atoms with Crippen LogP contribution in [0.15, 0.2) is 39.9 Å². The van der Waals surface area contributed by atoms with E-state index in [9.17, 15) is 9.59 Å². The summed E-state index contributed by atoms with van der Waals surface area (Å²) in [6.45, 7) is 6.85. The fourth-order valence-electron chi connectivity index (χ4n) is 3.23. The molecule has 2 aromatic heterocycles. The molecule has 3 heterocycles. The van der Waals surface area contributed by atoms with E-state index in [2.05, 4.69) is 47.9 Å². The molecule has 1 amide bonds. The van der Waals surface area contributed by atoms with E-state index >= 15 is 0 Å². The van der Waals surface area contributed by atoms with Crippen molar-refractivity contribution in [3.8, 4) is 0 Å². The number of likely N-dealkylation sites (N-methyl/N-ethyl adjacent to an activating group) is 1. The largest absolute Gasteiger partial charge is 0.345 e. The van der Waals surface area contributed by atoms with Gasteiger partial charge in [0.2, 0.25) is 5.91 Å². The number of benzene rings is 1. The molecule has 1 aliphatic heterocycles. The van der Waals surface area contributed by atoms with Crippen LogP contribution in [-0.4, -0.2) is 58.1 Å². The molecule has 1 N–H and O–H groups in total. The maximum Gasteiger partial charge on any atom is 0.273 e. The molecule has 1 aliphatic rings. The van der Waals surface area contributed by atoms with Gasteiger partial charge in [-0.3, -0.25) is 14.2 Å². The lowest BCUT2D eigenvalue weighted by Crippen LogP contribution is -2.46. The Morgan fingerprint density at radius 2 is 1.93 bits per heavy atom. The van der Waals surface area contributed by atoms with Crippen molar-refractivity contribution in [3.05, 3.63) is 45.4 Å². The predicted octanol–water partition coefficient (Wildman–Crippen LogP) is 2.40. The van der Waals surface area contributed by atoms with Crippen LogP contribution in [0.1, 0.15) is 6.92 Å². The normalized spacial score (nSPS) is 15.0. The minimum atomic E-state index is -0.281. The fraction of sp³-hybridized carbons (Fsp3) is 0.368. The topological polar surface area (TPSA) is 83.4 Å². The first-order valence-corrected chi connectivity index (χ1v) is 11.0. The van der Waals surface area contributed by atoms with Gasteiger partial charge >= 0.3 is 0 Å². The van der Waals surface area contributed by atoms with Gasteiger partial charge in [-0.15, -0.1) is 0 Å². The lowest BCUT2D eigenvalue weighted by Gasteiger charge is -2.33. The summed E-state index contributed by atoms with van der Waals surface area (Å²) >= 11 is 4.71. The van der Waals surface area contributed by atoms with E-state index in [0.717, 1.165) is 42.3 Å². The molecule has 10 heteroatoms. The van der Waals surface area contributed by atoms with Gasteiger partial charge in [0.05, 0.1) is 0 Å². The van der Waals surface area contributed by atoms with Gasteiger partial charge in [-0.05, 0) is 30.8 Å². The Bertz CT molecular complexity index is 1070. The third kappa shape index (κ3) is 4.49. The number of carbonyl (C=O) groups excluding carboxylic acids is 1. The van der Waals surface area contributed by atoms with Crippen molar-refractivity contribution in [3.63, 3.8) is 0 Å². The van der Waals surface area contributed by atoms with E-state index in [4.69, 9.17) is 0 Å². The van der Waals surface area contributed by atoms with Crippen molar-refractivity contribution in [2.75, 3.05) is 42.9 Å². The third-order valence-corrected chi connectivity index (χ3v) is 6.53. The molecular weight excluding hydrogens is 456 g/mol. The van der Waals surface area contributed by atoms with Crippen LogP contribution in [0.4, 0.5) is 10.8 Å². The number of rotatable bonds is 5. The van der Waals surface area contributed by atoms with Crippen molar-refractivity contribution in [2.24, 2.45) is 0 Å². The highest BCUT2D eigenvalue weighted by molar-refractivity contribution is 9.10. The molecule has 0 bridgehead atoms. The van der Waals surface area contributed by atoms with Crippen molar-refractivity contribution >= 4 is 54.3 Å². The van der Waals surface area contributed by atoms with Crippen LogP contribution in [0.3, 0.4) is 0 Å². The quantitative estimate of drug-likeness (QED) is 0.608. The van der Waals surface area contributed by atoms with E-state index in [-0.39, 0.29) is 18.0 Å². The molecule has 1 fully saturated rings. The van der Waals surface area contributed by atoms with Crippen molar-refractivity contribution in [2.45, 2.75) is 13.5 Å². The molecule has 1 saturated heterocycles. The molecule has 4 rings (SSSR count). The Labute approximate surface area is 180 Å². The molecule has 8 nitrogen and oxygen atoms in total. The number of hydrogen-bond acceptors (Lipinski definition) is 7. The van der Waals surface area contributed by atoms with Crippen LogP contribution in [-0.2, 0) is 11.3 Å². The summed E-state index contributed by atoms with van der Waals surface area (Å²) in [6, 6.07) is 7.27. The molecule has 152 valence electrons. The molecular formula is C19H21BrN6O2S. The number of fused-ring (bicyclic) bond motifs is 1. The Morgan fingerprint density at radius 3 is 2.62 bits per heavy atom. The highest BCUT2D eigenvalue weighted by Gasteiger charge is 2.20. The zero-order valence-corrected chi connectivity index (χ0v) is 18.4. The number of thiazole rings is 1. The van der Waals surface area contributed by atoms with Crippen LogP contribution in [0.2, 0.25) is 0 Å². The van der Waals surface area contributed by atoms with Crippen LogP contribution in [0, 0.1) is 0 Å². The lowest BCUT2D eigenvalue weighted by molar-refractivity contribution is -0.116. The summed E-state index contributed by atoms with van der Waals surface area (Å²) in [6.07, 6.45) is 1.39. The highest BCUT2D eigenvalue weighted by atomic mass is 79.9. The summed E-state index contributed by atoms with van der Waals surface area (Å²) < 4.78 is 2.74. The number of nitrogens with one attached hydrogen (secondary N) is 1. The zero-order chi connectivity index (χ0) is 20.4. The SMILES string of the molecule is CCN1CCN(c2nc3ncn(CC(=O)Nc4ccc(Br)cc4)c(=O)c3s2)CC1. The first-order chi connectivity index (χ1) is 14.0. The minimum absolute atomic E-state index is 0.0970. The molecule has 3 aromatic rings. The van der Waals surface area contributed by atoms with Gasteiger partial charge < -0.3 is 15.1 Å². The second kappa shape index (κ2) is 8.60. The molecule has 0 aliphatic carbocycles. The predicted molar refractivity (Wildman–Crippen MR) is 119 cm³/mol. The number of nitrogens with zero attached hydrogens (tertiary/aromatic N) is 5. The number of carbonyl (C=O) groups is 1. The van der Waals surface area contributed by atoms with E-state index in [0.29, 0.717) is 16.0 Å². The van der Waals surface area contributed by atoms with E-state index in [1.54, 1.807) is 12.1 Å². The standard InChI is InChI=1S/C19H21BrN6O2S/c1-2-24-7-9-25(10-8-24)19-23-17-16(29-19)18(28)26(12-21-17)11-15(27)22-14-5-3-13(20)4-6-14/h3-6,12H,2,7-11H2,1H3,(H,22,27). The number of aromatic nitrogens is 3. The first-order valence-electron chi connectivity index (χ1n) is 9.42. The molecule has 0 radical (unpaired) electrons. The second-order valence-electron chi connectivity index (χ2n) is 6.80. The van der Waals surface area contributed by atoms with Gasteiger partial charge in [-0.2, -0.15) is 4.98 Å². The minimum Gasteiger partial charge on any atom is -0.345 e. The second-order valence-corrected chi connectivity index (χ2v) is 8.70. The smallest absolute Gasteiger partial charge is 0.273 e. The van der Waals surface area contributed by atoms with Crippen molar-refractivity contribution in [1.82, 2.24) is 19.4 Å². The molecule has 1 aromatic carbocycles. The van der Waals surface area contributed by atoms with Gasteiger partial charge in [-0.25, -0.2) is 4.98 Å². The Hall–Kier alpha value is -2.30. The number of piperazine rings is 1. The number of halogens is 1. The van der Waals surface area contributed by atoms with Gasteiger partial charge in [0.1, 0.15) is 17.6 Å². The summed E-state index contributed by atoms with van der Waals surface area (Å²) in [5, 5.41) is 3.60. The summed E-state index contributed by atoms with van der Waals surface area (Å²) in [7, 11) is 0. The van der Waals surface area contributed by atoms with E-state index in [1.807, 2.05) is 12.1 Å². The summed E-state index contributed by atoms with van der Waals surface area (Å²) in [5.41, 5.74) is 0.876. The third-order valence-electron chi connectivity index (χ3n) is 4.90. The van der Waals surface area contributed by atoms with Crippen LogP contribution < -0.4 is 15.8 Å². The number of hydrogen-bond donors (Lipinski definition) is 1. The molecule has 0 atom stereocenters. The zero-order valence-electron chi connectivity index (χ0n) is 16.0. The van der Waals surface area contributed by atoms with Gasteiger partial charge in [0.15, 0.2) is 10.8 Å². The number of amides is 1. The molecule has 0 unspecified atom stereocenters. The van der Waals surface area contributed by atoms with E-state index in [1.165, 1.54) is 22.2 Å². The van der Waals surface area contributed by atoms with Gasteiger partial charge in [0, 0.05) is 36.3 Å². The summed E-state index contributed by atoms with van der Waals surface area (Å²) in [4.78, 5) is 38.6.